The van der Waals surface area contributed by atoms with Crippen molar-refractivity contribution < 1.29 is 9.47 Å². The number of fused-ring (bicyclic) bond motifs is 1. The molecule has 1 heterocycles. The lowest BCUT2D eigenvalue weighted by Gasteiger charge is -2.18. The summed E-state index contributed by atoms with van der Waals surface area (Å²) in [5.41, 5.74) is 2.42. The number of nitrogens with one attached hydrogen (secondary N) is 1. The lowest BCUT2D eigenvalue weighted by Crippen LogP contribution is -2.22. The Morgan fingerprint density at radius 1 is 1.40 bits per heavy atom. The Kier molecular flexibility index (Phi) is 3.23. The average molecular weight is 207 g/mol. The highest BCUT2D eigenvalue weighted by molar-refractivity contribution is 5.37. The average Bonchev–Trinajstić information content (AvgIpc) is 2.26. The summed E-state index contributed by atoms with van der Waals surface area (Å²) in [5.74, 6) is 0.953. The van der Waals surface area contributed by atoms with E-state index in [1.54, 1.807) is 0 Å². The van der Waals surface area contributed by atoms with Gasteiger partial charge in [-0.2, -0.15) is 0 Å². The first-order valence-electron chi connectivity index (χ1n) is 5.31. The Labute approximate surface area is 90.4 Å². The third-order valence-electron chi connectivity index (χ3n) is 2.39. The largest absolute Gasteiger partial charge is 0.467 e. The molecule has 1 aromatic carbocycles. The Bertz CT molecular complexity index is 336. The maximum absolute atomic E-state index is 5.36. The van der Waals surface area contributed by atoms with Crippen LogP contribution in [0.5, 0.6) is 5.75 Å². The third kappa shape index (κ3) is 2.70. The van der Waals surface area contributed by atoms with E-state index in [1.807, 2.05) is 6.07 Å². The Morgan fingerprint density at radius 3 is 3.07 bits per heavy atom. The van der Waals surface area contributed by atoms with Gasteiger partial charge in [0.25, 0.3) is 0 Å². The van der Waals surface area contributed by atoms with Gasteiger partial charge < -0.3 is 14.8 Å². The van der Waals surface area contributed by atoms with Gasteiger partial charge in [-0.3, -0.25) is 0 Å². The van der Waals surface area contributed by atoms with Gasteiger partial charge in [0.1, 0.15) is 5.75 Å². The van der Waals surface area contributed by atoms with Gasteiger partial charge >= 0.3 is 0 Å². The predicted octanol–water partition coefficient (Wildman–Crippen LogP) is 2.05. The van der Waals surface area contributed by atoms with Gasteiger partial charge in [-0.1, -0.05) is 19.9 Å². The van der Waals surface area contributed by atoms with E-state index < -0.39 is 0 Å². The molecule has 0 aromatic heterocycles. The summed E-state index contributed by atoms with van der Waals surface area (Å²) in [4.78, 5) is 0. The zero-order chi connectivity index (χ0) is 10.7. The van der Waals surface area contributed by atoms with Crippen molar-refractivity contribution in [3.63, 3.8) is 0 Å². The van der Waals surface area contributed by atoms with Gasteiger partial charge in [-0.05, 0) is 17.7 Å². The molecule has 0 amide bonds. The van der Waals surface area contributed by atoms with Gasteiger partial charge in [0, 0.05) is 18.2 Å². The topological polar surface area (TPSA) is 30.5 Å². The maximum Gasteiger partial charge on any atom is 0.189 e. The monoisotopic (exact) mass is 207 g/mol. The normalized spacial score (nSPS) is 14.9. The van der Waals surface area contributed by atoms with Crippen molar-refractivity contribution in [3.05, 3.63) is 29.3 Å². The summed E-state index contributed by atoms with van der Waals surface area (Å²) in [6.45, 7) is 6.21. The molecule has 1 N–H and O–H groups in total. The molecular formula is C12H17NO2. The molecule has 3 heteroatoms. The minimum Gasteiger partial charge on any atom is -0.467 e. The molecule has 0 unspecified atom stereocenters. The Hall–Kier alpha value is -1.06. The first-order valence-corrected chi connectivity index (χ1v) is 5.31. The summed E-state index contributed by atoms with van der Waals surface area (Å²) in [6, 6.07) is 6.77. The highest BCUT2D eigenvalue weighted by Gasteiger charge is 2.10. The second-order valence-corrected chi connectivity index (χ2v) is 4.09. The van der Waals surface area contributed by atoms with E-state index in [1.165, 1.54) is 5.56 Å². The van der Waals surface area contributed by atoms with Crippen molar-refractivity contribution in [2.75, 3.05) is 6.79 Å². The molecule has 0 bridgehead atoms. The summed E-state index contributed by atoms with van der Waals surface area (Å²) in [7, 11) is 0. The van der Waals surface area contributed by atoms with Gasteiger partial charge in [-0.25, -0.2) is 0 Å². The quantitative estimate of drug-likeness (QED) is 0.822. The highest BCUT2D eigenvalue weighted by atomic mass is 16.7. The molecule has 82 valence electrons. The standard InChI is InChI=1S/C12H17NO2/c1-9(2)13-6-10-3-4-12-11(5-10)7-14-8-15-12/h3-5,9,13H,6-8H2,1-2H3. The smallest absolute Gasteiger partial charge is 0.189 e. The minimum atomic E-state index is 0.372. The second-order valence-electron chi connectivity index (χ2n) is 4.09. The molecule has 2 rings (SSSR count). The van der Waals surface area contributed by atoms with Crippen molar-refractivity contribution in [2.45, 2.75) is 33.0 Å². The number of ether oxygens (including phenoxy) is 2. The molecular weight excluding hydrogens is 190 g/mol. The van der Waals surface area contributed by atoms with E-state index in [4.69, 9.17) is 9.47 Å². The molecule has 0 aliphatic carbocycles. The summed E-state index contributed by atoms with van der Waals surface area (Å²) >= 11 is 0. The molecule has 1 aliphatic heterocycles. The van der Waals surface area contributed by atoms with Crippen molar-refractivity contribution in [1.82, 2.24) is 5.32 Å². The molecule has 0 atom stereocenters. The van der Waals surface area contributed by atoms with E-state index in [-0.39, 0.29) is 0 Å². The number of hydrogen-bond acceptors (Lipinski definition) is 3. The van der Waals surface area contributed by atoms with E-state index in [0.29, 0.717) is 19.4 Å². The predicted molar refractivity (Wildman–Crippen MR) is 58.7 cm³/mol. The van der Waals surface area contributed by atoms with E-state index in [9.17, 15) is 0 Å². The first kappa shape index (κ1) is 10.5. The summed E-state index contributed by atoms with van der Waals surface area (Å²) in [5, 5.41) is 3.39. The molecule has 3 nitrogen and oxygen atoms in total. The van der Waals surface area contributed by atoms with Gasteiger partial charge in [0.2, 0.25) is 0 Å². The van der Waals surface area contributed by atoms with Crippen LogP contribution in [0.4, 0.5) is 0 Å². The molecule has 1 aliphatic rings. The van der Waals surface area contributed by atoms with Gasteiger partial charge in [0.15, 0.2) is 6.79 Å². The fourth-order valence-electron chi connectivity index (χ4n) is 1.58. The summed E-state index contributed by atoms with van der Waals surface area (Å²) in [6.07, 6.45) is 0. The maximum atomic E-state index is 5.36. The van der Waals surface area contributed by atoms with Crippen molar-refractivity contribution in [1.29, 1.82) is 0 Å². The SMILES string of the molecule is CC(C)NCc1ccc2c(c1)COCO2. The number of rotatable bonds is 3. The van der Waals surface area contributed by atoms with Crippen LogP contribution in [-0.4, -0.2) is 12.8 Å². The molecule has 15 heavy (non-hydrogen) atoms. The lowest BCUT2D eigenvalue weighted by atomic mass is 10.1. The number of benzene rings is 1. The van der Waals surface area contributed by atoms with Crippen LogP contribution in [0.2, 0.25) is 0 Å². The highest BCUT2D eigenvalue weighted by Crippen LogP contribution is 2.24. The minimum absolute atomic E-state index is 0.372. The lowest BCUT2D eigenvalue weighted by molar-refractivity contribution is -0.0164. The van der Waals surface area contributed by atoms with Crippen molar-refractivity contribution >= 4 is 0 Å². The van der Waals surface area contributed by atoms with Gasteiger partial charge in [0.05, 0.1) is 6.61 Å². The molecule has 1 aromatic rings. The fourth-order valence-corrected chi connectivity index (χ4v) is 1.58. The second kappa shape index (κ2) is 4.64. The fraction of sp³-hybridized carbons (Fsp3) is 0.500. The van der Waals surface area contributed by atoms with E-state index in [0.717, 1.165) is 17.9 Å². The molecule has 0 saturated carbocycles. The van der Waals surface area contributed by atoms with Crippen LogP contribution in [0.1, 0.15) is 25.0 Å². The zero-order valence-electron chi connectivity index (χ0n) is 9.25. The van der Waals surface area contributed by atoms with E-state index in [2.05, 4.69) is 31.3 Å². The number of hydrogen-bond donors (Lipinski definition) is 1. The molecule has 0 radical (unpaired) electrons. The third-order valence-corrected chi connectivity index (χ3v) is 2.39. The van der Waals surface area contributed by atoms with Crippen molar-refractivity contribution in [2.24, 2.45) is 0 Å². The first-order chi connectivity index (χ1) is 7.25. The van der Waals surface area contributed by atoms with Crippen LogP contribution in [0.3, 0.4) is 0 Å². The van der Waals surface area contributed by atoms with Crippen LogP contribution in [0.15, 0.2) is 18.2 Å². The van der Waals surface area contributed by atoms with Crippen LogP contribution in [0, 0.1) is 0 Å². The van der Waals surface area contributed by atoms with Crippen LogP contribution >= 0.6 is 0 Å². The molecule has 0 saturated heterocycles. The van der Waals surface area contributed by atoms with Gasteiger partial charge in [-0.15, -0.1) is 0 Å². The zero-order valence-corrected chi connectivity index (χ0v) is 9.25. The molecule has 0 fully saturated rings. The Balaban J connectivity index is 2.07. The van der Waals surface area contributed by atoms with E-state index >= 15 is 0 Å². The Morgan fingerprint density at radius 2 is 2.27 bits per heavy atom. The molecule has 0 spiro atoms. The van der Waals surface area contributed by atoms with Crippen molar-refractivity contribution in [3.8, 4) is 5.75 Å². The van der Waals surface area contributed by atoms with Crippen LogP contribution in [-0.2, 0) is 17.9 Å². The van der Waals surface area contributed by atoms with Crippen LogP contribution in [0.25, 0.3) is 0 Å². The summed E-state index contributed by atoms with van der Waals surface area (Å²) < 4.78 is 10.6. The van der Waals surface area contributed by atoms with Crippen LogP contribution < -0.4 is 10.1 Å².